The van der Waals surface area contributed by atoms with E-state index in [1.807, 2.05) is 30.3 Å². The van der Waals surface area contributed by atoms with Crippen molar-refractivity contribution in [3.63, 3.8) is 0 Å². The van der Waals surface area contributed by atoms with Gasteiger partial charge < -0.3 is 10.4 Å². The number of hydrogen-bond donors (Lipinski definition) is 2. The highest BCUT2D eigenvalue weighted by Gasteiger charge is 2.38. The lowest BCUT2D eigenvalue weighted by Crippen LogP contribution is -2.41. The zero-order chi connectivity index (χ0) is 20.0. The highest BCUT2D eigenvalue weighted by molar-refractivity contribution is 5.74. The molecule has 0 aliphatic heterocycles. The monoisotopic (exact) mass is 367 g/mol. The van der Waals surface area contributed by atoms with E-state index in [9.17, 15) is 9.90 Å². The van der Waals surface area contributed by atoms with E-state index in [4.69, 9.17) is 0 Å². The third kappa shape index (κ3) is 5.43. The van der Waals surface area contributed by atoms with Crippen LogP contribution in [0.4, 0.5) is 0 Å². The van der Waals surface area contributed by atoms with Crippen LogP contribution in [0.15, 0.2) is 67.3 Å². The molecule has 0 amide bonds. The van der Waals surface area contributed by atoms with E-state index < -0.39 is 12.0 Å². The highest BCUT2D eigenvalue weighted by atomic mass is 16.4. The zero-order valence-corrected chi connectivity index (χ0v) is 16.7. The van der Waals surface area contributed by atoms with Crippen molar-refractivity contribution in [3.8, 4) is 0 Å². The first-order chi connectivity index (χ1) is 12.8. The van der Waals surface area contributed by atoms with Gasteiger partial charge in [0, 0.05) is 6.54 Å². The Labute approximate surface area is 163 Å². The summed E-state index contributed by atoms with van der Waals surface area (Å²) in [6.07, 6.45) is 5.67. The second-order valence-electron chi connectivity index (χ2n) is 8.20. The summed E-state index contributed by atoms with van der Waals surface area (Å²) in [4.78, 5) is 11.6. The summed E-state index contributed by atoms with van der Waals surface area (Å²) >= 11 is 0. The highest BCUT2D eigenvalue weighted by Crippen LogP contribution is 2.48. The maximum absolute atomic E-state index is 11.6. The minimum atomic E-state index is -0.825. The summed E-state index contributed by atoms with van der Waals surface area (Å²) in [5.41, 5.74) is 3.39. The van der Waals surface area contributed by atoms with E-state index >= 15 is 0 Å². The molecule has 0 heterocycles. The topological polar surface area (TPSA) is 49.3 Å². The van der Waals surface area contributed by atoms with Gasteiger partial charge in [0.05, 0.1) is 0 Å². The van der Waals surface area contributed by atoms with Crippen molar-refractivity contribution in [3.05, 3.63) is 72.9 Å². The molecule has 0 spiro atoms. The lowest BCUT2D eigenvalue weighted by molar-refractivity contribution is -0.139. The largest absolute Gasteiger partial charge is 0.480 e. The second-order valence-corrected chi connectivity index (χ2v) is 8.20. The van der Waals surface area contributed by atoms with E-state index in [1.54, 1.807) is 0 Å². The van der Waals surface area contributed by atoms with Gasteiger partial charge in [0.25, 0.3) is 0 Å². The van der Waals surface area contributed by atoms with E-state index in [2.05, 4.69) is 45.0 Å². The van der Waals surface area contributed by atoms with Gasteiger partial charge in [-0.3, -0.25) is 4.79 Å². The maximum Gasteiger partial charge on any atom is 0.321 e. The van der Waals surface area contributed by atoms with Gasteiger partial charge in [-0.15, -0.1) is 6.58 Å². The molecule has 0 saturated heterocycles. The van der Waals surface area contributed by atoms with E-state index in [0.29, 0.717) is 24.8 Å². The van der Waals surface area contributed by atoms with E-state index in [-0.39, 0.29) is 5.41 Å². The van der Waals surface area contributed by atoms with Crippen molar-refractivity contribution in [2.24, 2.45) is 17.3 Å². The van der Waals surface area contributed by atoms with Crippen LogP contribution in [0, 0.1) is 17.3 Å². The standard InChI is InChI=1S/C24H33NO2/c1-6-24(5)13-12-20(15-21(24)17(2)3)18(4)16-25-22(23(26)27)14-19-10-8-7-9-11-19/h6-11,20-22,25H,1-2,4,12-16H2,3,5H3,(H,26,27)/t20-,21+,22?,24-/m1/s1. The molecule has 1 fully saturated rings. The van der Waals surface area contributed by atoms with Crippen molar-refractivity contribution in [1.29, 1.82) is 0 Å². The maximum atomic E-state index is 11.6. The van der Waals surface area contributed by atoms with Crippen LogP contribution >= 0.6 is 0 Å². The first-order valence-corrected chi connectivity index (χ1v) is 9.73. The van der Waals surface area contributed by atoms with Crippen LogP contribution in [0.1, 0.15) is 38.7 Å². The predicted octanol–water partition coefficient (Wildman–Crippen LogP) is 5.01. The molecule has 0 radical (unpaired) electrons. The minimum Gasteiger partial charge on any atom is -0.480 e. The fourth-order valence-corrected chi connectivity index (χ4v) is 4.21. The molecule has 4 atom stereocenters. The second kappa shape index (κ2) is 9.18. The van der Waals surface area contributed by atoms with Gasteiger partial charge in [0.15, 0.2) is 0 Å². The Bertz CT molecular complexity index is 694. The van der Waals surface area contributed by atoms with Crippen LogP contribution in [-0.4, -0.2) is 23.7 Å². The number of hydrogen-bond acceptors (Lipinski definition) is 2. The Morgan fingerprint density at radius 1 is 1.37 bits per heavy atom. The Hall–Kier alpha value is -2.13. The summed E-state index contributed by atoms with van der Waals surface area (Å²) < 4.78 is 0. The summed E-state index contributed by atoms with van der Waals surface area (Å²) in [5.74, 6) is -0.0437. The van der Waals surface area contributed by atoms with Gasteiger partial charge in [-0.1, -0.05) is 67.6 Å². The molecule has 1 unspecified atom stereocenters. The van der Waals surface area contributed by atoms with Gasteiger partial charge in [0.2, 0.25) is 0 Å². The van der Waals surface area contributed by atoms with Crippen LogP contribution in [-0.2, 0) is 11.2 Å². The van der Waals surface area contributed by atoms with Gasteiger partial charge in [-0.2, -0.15) is 0 Å². The van der Waals surface area contributed by atoms with Crippen molar-refractivity contribution < 1.29 is 9.90 Å². The average molecular weight is 368 g/mol. The van der Waals surface area contributed by atoms with Crippen molar-refractivity contribution in [2.45, 2.75) is 45.6 Å². The number of rotatable bonds is 9. The Kier molecular flexibility index (Phi) is 7.20. The fraction of sp³-hybridized carbons (Fsp3) is 0.458. The molecule has 1 saturated carbocycles. The predicted molar refractivity (Wildman–Crippen MR) is 113 cm³/mol. The number of allylic oxidation sites excluding steroid dienone is 2. The molecule has 1 aromatic carbocycles. The summed E-state index contributed by atoms with van der Waals surface area (Å²) in [6.45, 7) is 17.4. The lowest BCUT2D eigenvalue weighted by atomic mass is 9.61. The molecule has 2 N–H and O–H groups in total. The smallest absolute Gasteiger partial charge is 0.321 e. The summed E-state index contributed by atoms with van der Waals surface area (Å²) in [5, 5.41) is 12.8. The molecule has 0 bridgehead atoms. The van der Waals surface area contributed by atoms with Crippen LogP contribution < -0.4 is 5.32 Å². The first kappa shape index (κ1) is 21.2. The number of carboxylic acids is 1. The quantitative estimate of drug-likeness (QED) is 0.603. The first-order valence-electron chi connectivity index (χ1n) is 9.73. The molecule has 3 nitrogen and oxygen atoms in total. The van der Waals surface area contributed by atoms with Gasteiger partial charge in [-0.05, 0) is 55.4 Å². The molecule has 2 rings (SSSR count). The molecular weight excluding hydrogens is 334 g/mol. The number of aliphatic carboxylic acids is 1. The van der Waals surface area contributed by atoms with E-state index in [1.165, 1.54) is 5.57 Å². The summed E-state index contributed by atoms with van der Waals surface area (Å²) in [6, 6.07) is 9.12. The molecule has 1 aromatic rings. The number of carboxylic acid groups (broad SMARTS) is 1. The number of carbonyl (C=O) groups is 1. The van der Waals surface area contributed by atoms with Crippen molar-refractivity contribution in [2.75, 3.05) is 6.54 Å². The SMILES string of the molecule is C=C[C@]1(C)CC[C@@H](C(=C)CNC(Cc2ccccc2)C(=O)O)C[C@H]1C(=C)C. The van der Waals surface area contributed by atoms with Crippen molar-refractivity contribution in [1.82, 2.24) is 5.32 Å². The third-order valence-corrected chi connectivity index (χ3v) is 6.14. The van der Waals surface area contributed by atoms with Crippen molar-refractivity contribution >= 4 is 5.97 Å². The Balaban J connectivity index is 1.96. The minimum absolute atomic E-state index is 0.0902. The normalized spacial score (nSPS) is 26.1. The number of benzene rings is 1. The van der Waals surface area contributed by atoms with Gasteiger partial charge in [0.1, 0.15) is 6.04 Å². The molecule has 0 aromatic heterocycles. The lowest BCUT2D eigenvalue weighted by Gasteiger charge is -2.44. The Morgan fingerprint density at radius 3 is 2.59 bits per heavy atom. The third-order valence-electron chi connectivity index (χ3n) is 6.14. The van der Waals surface area contributed by atoms with Crippen LogP contribution in [0.5, 0.6) is 0 Å². The summed E-state index contributed by atoms with van der Waals surface area (Å²) in [7, 11) is 0. The fourth-order valence-electron chi connectivity index (χ4n) is 4.21. The van der Waals surface area contributed by atoms with Gasteiger partial charge in [-0.25, -0.2) is 0 Å². The molecular formula is C24H33NO2. The van der Waals surface area contributed by atoms with Crippen LogP contribution in [0.2, 0.25) is 0 Å². The van der Waals surface area contributed by atoms with Crippen LogP contribution in [0.25, 0.3) is 0 Å². The molecule has 1 aliphatic rings. The molecule has 27 heavy (non-hydrogen) atoms. The molecule has 1 aliphatic carbocycles. The van der Waals surface area contributed by atoms with Crippen LogP contribution in [0.3, 0.4) is 0 Å². The molecule has 3 heteroatoms. The zero-order valence-electron chi connectivity index (χ0n) is 16.7. The van der Waals surface area contributed by atoms with Gasteiger partial charge >= 0.3 is 5.97 Å². The van der Waals surface area contributed by atoms with E-state index in [0.717, 1.165) is 30.4 Å². The number of nitrogens with one attached hydrogen (secondary N) is 1. The Morgan fingerprint density at radius 2 is 2.04 bits per heavy atom. The average Bonchev–Trinajstić information content (AvgIpc) is 2.65. The molecule has 146 valence electrons.